The van der Waals surface area contributed by atoms with Crippen LogP contribution in [0.25, 0.3) is 0 Å². The number of nitrogens with zero attached hydrogens (tertiary/aromatic N) is 2. The molecule has 0 saturated heterocycles. The van der Waals surface area contributed by atoms with E-state index in [9.17, 15) is 4.79 Å². The van der Waals surface area contributed by atoms with Crippen molar-refractivity contribution in [1.29, 1.82) is 0 Å². The smallest absolute Gasteiger partial charge is 0.270 e. The van der Waals surface area contributed by atoms with Crippen LogP contribution in [0.4, 0.5) is 0 Å². The number of amidine groups is 1. The van der Waals surface area contributed by atoms with Crippen LogP contribution in [0, 0.1) is 11.8 Å². The fourth-order valence-corrected chi connectivity index (χ4v) is 5.70. The summed E-state index contributed by atoms with van der Waals surface area (Å²) in [6.45, 7) is 2.02. The van der Waals surface area contributed by atoms with Crippen molar-refractivity contribution in [3.63, 3.8) is 0 Å². The third kappa shape index (κ3) is 2.63. The lowest BCUT2D eigenvalue weighted by Crippen LogP contribution is -2.57. The zero-order chi connectivity index (χ0) is 15.9. The molecule has 3 aliphatic carbocycles. The molecule has 1 N–H and O–H groups in total. The minimum atomic E-state index is -0.422. The fourth-order valence-electron chi connectivity index (χ4n) is 5.70. The molecular weight excluding hydrogens is 286 g/mol. The molecular formula is C19H31N3O. The van der Waals surface area contributed by atoms with Crippen LogP contribution in [0.2, 0.25) is 0 Å². The van der Waals surface area contributed by atoms with Gasteiger partial charge in [0, 0.05) is 6.04 Å². The summed E-state index contributed by atoms with van der Waals surface area (Å²) in [5.41, 5.74) is 3.12. The van der Waals surface area contributed by atoms with Crippen molar-refractivity contribution in [2.45, 2.75) is 95.6 Å². The van der Waals surface area contributed by atoms with E-state index in [1.807, 2.05) is 11.9 Å². The predicted molar refractivity (Wildman–Crippen MR) is 92.0 cm³/mol. The second-order valence-corrected chi connectivity index (χ2v) is 8.23. The molecule has 3 fully saturated rings. The maximum Gasteiger partial charge on any atom is 0.270 e. The Kier molecular flexibility index (Phi) is 4.21. The standard InChI is InChI=1S/C19H31N3O/c1-14-20-19(13-7-9-15-8-5-6-12-17(15)19)18(23)22(14)21-16-10-3-2-4-11-16/h15-17,21H,2-13H2,1H3. The highest BCUT2D eigenvalue weighted by Crippen LogP contribution is 2.50. The molecule has 0 aromatic heterocycles. The van der Waals surface area contributed by atoms with Gasteiger partial charge in [-0.25, -0.2) is 10.4 Å². The average molecular weight is 317 g/mol. The molecule has 0 aromatic carbocycles. The minimum Gasteiger partial charge on any atom is -0.270 e. The van der Waals surface area contributed by atoms with Crippen molar-refractivity contribution in [3.05, 3.63) is 0 Å². The van der Waals surface area contributed by atoms with Gasteiger partial charge in [-0.1, -0.05) is 44.9 Å². The van der Waals surface area contributed by atoms with Crippen molar-refractivity contribution in [2.75, 3.05) is 0 Å². The second-order valence-electron chi connectivity index (χ2n) is 8.23. The molecule has 0 aromatic rings. The summed E-state index contributed by atoms with van der Waals surface area (Å²) in [4.78, 5) is 18.4. The highest BCUT2D eigenvalue weighted by Gasteiger charge is 2.56. The Hall–Kier alpha value is -0.900. The first-order valence-corrected chi connectivity index (χ1v) is 9.88. The van der Waals surface area contributed by atoms with Gasteiger partial charge >= 0.3 is 0 Å². The van der Waals surface area contributed by atoms with E-state index in [2.05, 4.69) is 5.43 Å². The molecule has 0 bridgehead atoms. The van der Waals surface area contributed by atoms with E-state index in [1.165, 1.54) is 70.6 Å². The van der Waals surface area contributed by atoms with Crippen LogP contribution in [0.5, 0.6) is 0 Å². The van der Waals surface area contributed by atoms with E-state index in [0.29, 0.717) is 12.0 Å². The maximum absolute atomic E-state index is 13.4. The van der Waals surface area contributed by atoms with Crippen molar-refractivity contribution >= 4 is 11.7 Å². The van der Waals surface area contributed by atoms with E-state index >= 15 is 0 Å². The van der Waals surface area contributed by atoms with Gasteiger partial charge in [-0.05, 0) is 50.9 Å². The van der Waals surface area contributed by atoms with E-state index in [-0.39, 0.29) is 5.91 Å². The fraction of sp³-hybridized carbons (Fsp3) is 0.895. The van der Waals surface area contributed by atoms with E-state index in [0.717, 1.165) is 18.2 Å². The van der Waals surface area contributed by atoms with Gasteiger partial charge in [-0.2, -0.15) is 0 Å². The first-order chi connectivity index (χ1) is 11.2. The van der Waals surface area contributed by atoms with Crippen LogP contribution in [-0.4, -0.2) is 28.3 Å². The van der Waals surface area contributed by atoms with Gasteiger partial charge in [0.05, 0.1) is 0 Å². The molecule has 3 saturated carbocycles. The van der Waals surface area contributed by atoms with Crippen LogP contribution in [-0.2, 0) is 4.79 Å². The van der Waals surface area contributed by atoms with Gasteiger partial charge in [0.25, 0.3) is 5.91 Å². The lowest BCUT2D eigenvalue weighted by molar-refractivity contribution is -0.139. The summed E-state index contributed by atoms with van der Waals surface area (Å²) in [5.74, 6) is 2.39. The zero-order valence-corrected chi connectivity index (χ0v) is 14.5. The van der Waals surface area contributed by atoms with Crippen LogP contribution in [0.3, 0.4) is 0 Å². The number of aliphatic imine (C=N–C) groups is 1. The number of rotatable bonds is 2. The topological polar surface area (TPSA) is 44.7 Å². The van der Waals surface area contributed by atoms with Crippen molar-refractivity contribution in [1.82, 2.24) is 10.4 Å². The molecule has 4 aliphatic rings. The first kappa shape index (κ1) is 15.6. The molecule has 4 nitrogen and oxygen atoms in total. The van der Waals surface area contributed by atoms with Crippen molar-refractivity contribution in [2.24, 2.45) is 16.8 Å². The molecule has 3 atom stereocenters. The Balaban J connectivity index is 1.54. The third-order valence-electron chi connectivity index (χ3n) is 6.83. The first-order valence-electron chi connectivity index (χ1n) is 9.88. The van der Waals surface area contributed by atoms with E-state index < -0.39 is 5.54 Å². The Morgan fingerprint density at radius 1 is 1.00 bits per heavy atom. The molecule has 128 valence electrons. The van der Waals surface area contributed by atoms with Gasteiger partial charge < -0.3 is 0 Å². The monoisotopic (exact) mass is 317 g/mol. The quantitative estimate of drug-likeness (QED) is 0.841. The highest BCUT2D eigenvalue weighted by atomic mass is 16.2. The third-order valence-corrected chi connectivity index (χ3v) is 6.83. The molecule has 4 heteroatoms. The van der Waals surface area contributed by atoms with Gasteiger partial charge in [0.2, 0.25) is 0 Å². The number of hydrazine groups is 1. The summed E-state index contributed by atoms with van der Waals surface area (Å²) in [6.07, 6.45) is 14.9. The summed E-state index contributed by atoms with van der Waals surface area (Å²) >= 11 is 0. The van der Waals surface area contributed by atoms with E-state index in [4.69, 9.17) is 4.99 Å². The number of carbonyl (C=O) groups excluding carboxylic acids is 1. The molecule has 1 amide bonds. The summed E-state index contributed by atoms with van der Waals surface area (Å²) in [6, 6.07) is 0.457. The van der Waals surface area contributed by atoms with Gasteiger partial charge in [-0.3, -0.25) is 9.79 Å². The molecule has 1 heterocycles. The molecule has 3 unspecified atom stereocenters. The number of fused-ring (bicyclic) bond motifs is 2. The highest BCUT2D eigenvalue weighted by molar-refractivity contribution is 6.07. The van der Waals surface area contributed by atoms with Crippen molar-refractivity contribution in [3.8, 4) is 0 Å². The maximum atomic E-state index is 13.4. The van der Waals surface area contributed by atoms with Crippen LogP contribution in [0.15, 0.2) is 4.99 Å². The minimum absolute atomic E-state index is 0.261. The molecule has 0 radical (unpaired) electrons. The summed E-state index contributed by atoms with van der Waals surface area (Å²) in [7, 11) is 0. The lowest BCUT2D eigenvalue weighted by Gasteiger charge is -2.45. The number of carbonyl (C=O) groups is 1. The molecule has 1 spiro atoms. The van der Waals surface area contributed by atoms with Gasteiger partial charge in [0.15, 0.2) is 0 Å². The summed E-state index contributed by atoms with van der Waals surface area (Å²) in [5, 5.41) is 1.84. The normalized spacial score (nSPS) is 38.7. The summed E-state index contributed by atoms with van der Waals surface area (Å²) < 4.78 is 0. The van der Waals surface area contributed by atoms with E-state index in [1.54, 1.807) is 0 Å². The number of nitrogens with one attached hydrogen (secondary N) is 1. The predicted octanol–water partition coefficient (Wildman–Crippen LogP) is 3.81. The Morgan fingerprint density at radius 3 is 2.52 bits per heavy atom. The Labute approximate surface area is 140 Å². The molecule has 1 aliphatic heterocycles. The SMILES string of the molecule is CC1=NC2(CCCC3CCCCC32)C(=O)N1NC1CCCCC1. The second kappa shape index (κ2) is 6.19. The van der Waals surface area contributed by atoms with Crippen LogP contribution in [0.1, 0.15) is 84.0 Å². The number of hydrogen-bond acceptors (Lipinski definition) is 3. The number of amides is 1. The zero-order valence-electron chi connectivity index (χ0n) is 14.5. The van der Waals surface area contributed by atoms with Crippen LogP contribution < -0.4 is 5.43 Å². The van der Waals surface area contributed by atoms with Gasteiger partial charge in [-0.15, -0.1) is 0 Å². The van der Waals surface area contributed by atoms with Crippen molar-refractivity contribution < 1.29 is 4.79 Å². The van der Waals surface area contributed by atoms with Gasteiger partial charge in [0.1, 0.15) is 11.4 Å². The lowest BCUT2D eigenvalue weighted by atomic mass is 9.61. The average Bonchev–Trinajstić information content (AvgIpc) is 2.81. The Bertz CT molecular complexity index is 495. The number of hydrogen-bond donors (Lipinski definition) is 1. The Morgan fingerprint density at radius 2 is 1.70 bits per heavy atom. The largest absolute Gasteiger partial charge is 0.270 e. The van der Waals surface area contributed by atoms with Crippen LogP contribution >= 0.6 is 0 Å². The molecule has 23 heavy (non-hydrogen) atoms. The molecule has 4 rings (SSSR count).